The van der Waals surface area contributed by atoms with Crippen LogP contribution in [0.5, 0.6) is 0 Å². The Bertz CT molecular complexity index is 14.4. The number of halogens is 3. The maximum atomic E-state index is 5.05. The van der Waals surface area contributed by atoms with Crippen LogP contribution in [0.3, 0.4) is 0 Å². The van der Waals surface area contributed by atoms with Crippen molar-refractivity contribution in [3.63, 3.8) is 0 Å². The first-order valence-electron chi connectivity index (χ1n) is 2.01. The lowest BCUT2D eigenvalue weighted by molar-refractivity contribution is 1.51. The topological polar surface area (TPSA) is 0 Å². The van der Waals surface area contributed by atoms with Crippen LogP contribution < -0.4 is 0 Å². The summed E-state index contributed by atoms with van der Waals surface area (Å²) in [4.78, 5) is 0. The third kappa shape index (κ3) is 46.6. The van der Waals surface area contributed by atoms with Crippen molar-refractivity contribution in [1.82, 2.24) is 0 Å². The SMILES string of the molecule is CCCl.ClCCCl. The van der Waals surface area contributed by atoms with Crippen molar-refractivity contribution in [2.24, 2.45) is 0 Å². The molecule has 0 aliphatic rings. The fourth-order valence-electron chi connectivity index (χ4n) is 0. The quantitative estimate of drug-likeness (QED) is 0.522. The van der Waals surface area contributed by atoms with E-state index in [-0.39, 0.29) is 0 Å². The molecule has 0 unspecified atom stereocenters. The lowest BCUT2D eigenvalue weighted by atomic mass is 11.0. The molecule has 0 aromatic carbocycles. The smallest absolute Gasteiger partial charge is 0.0359 e. The molecule has 0 aliphatic heterocycles. The molecule has 0 atom stereocenters. The van der Waals surface area contributed by atoms with Crippen LogP contribution in [-0.2, 0) is 0 Å². The summed E-state index contributed by atoms with van der Waals surface area (Å²) in [6.07, 6.45) is 0. The van der Waals surface area contributed by atoms with Crippen molar-refractivity contribution in [3.05, 3.63) is 0 Å². The van der Waals surface area contributed by atoms with Crippen molar-refractivity contribution in [1.29, 1.82) is 0 Å². The first-order chi connectivity index (χ1) is 3.33. The average Bonchev–Trinajstić information content (AvgIpc) is 1.69. The molecule has 0 aromatic heterocycles. The van der Waals surface area contributed by atoms with Gasteiger partial charge in [-0.3, -0.25) is 0 Å². The molecule has 0 spiro atoms. The van der Waals surface area contributed by atoms with Crippen molar-refractivity contribution < 1.29 is 0 Å². The summed E-state index contributed by atoms with van der Waals surface area (Å²) < 4.78 is 0. The molecule has 3 heteroatoms. The number of hydrogen-bond acceptors (Lipinski definition) is 0. The minimum Gasteiger partial charge on any atom is -0.127 e. The van der Waals surface area contributed by atoms with Crippen molar-refractivity contribution in [2.45, 2.75) is 6.92 Å². The van der Waals surface area contributed by atoms with Crippen LogP contribution in [-0.4, -0.2) is 17.6 Å². The van der Waals surface area contributed by atoms with Gasteiger partial charge in [0, 0.05) is 17.6 Å². The molecule has 0 saturated heterocycles. The monoisotopic (exact) mass is 162 g/mol. The van der Waals surface area contributed by atoms with Gasteiger partial charge in [0.1, 0.15) is 0 Å². The van der Waals surface area contributed by atoms with E-state index in [0.717, 1.165) is 5.88 Å². The van der Waals surface area contributed by atoms with Gasteiger partial charge in [-0.05, 0) is 0 Å². The van der Waals surface area contributed by atoms with E-state index >= 15 is 0 Å². The molecular formula is C4H9Cl3. The molecule has 0 radical (unpaired) electrons. The summed E-state index contributed by atoms with van der Waals surface area (Å²) in [7, 11) is 0. The molecule has 0 bridgehead atoms. The second-order valence-corrected chi connectivity index (χ2v) is 1.94. The Balaban J connectivity index is 0. The van der Waals surface area contributed by atoms with E-state index in [4.69, 9.17) is 34.8 Å². The highest BCUT2D eigenvalue weighted by atomic mass is 35.5. The van der Waals surface area contributed by atoms with E-state index in [0.29, 0.717) is 11.8 Å². The highest BCUT2D eigenvalue weighted by molar-refractivity contribution is 6.25. The van der Waals surface area contributed by atoms with E-state index in [1.54, 1.807) is 0 Å². The molecule has 0 saturated carbocycles. The van der Waals surface area contributed by atoms with Gasteiger partial charge in [0.25, 0.3) is 0 Å². The van der Waals surface area contributed by atoms with Gasteiger partial charge in [-0.25, -0.2) is 0 Å². The largest absolute Gasteiger partial charge is 0.127 e. The Morgan fingerprint density at radius 3 is 1.14 bits per heavy atom. The van der Waals surface area contributed by atoms with Gasteiger partial charge in [0.05, 0.1) is 0 Å². The van der Waals surface area contributed by atoms with Crippen molar-refractivity contribution in [3.8, 4) is 0 Å². The minimum absolute atomic E-state index is 0.557. The molecule has 0 aromatic rings. The Morgan fingerprint density at radius 2 is 1.14 bits per heavy atom. The zero-order valence-electron chi connectivity index (χ0n) is 4.26. The average molecular weight is 163 g/mol. The number of hydrogen-bond donors (Lipinski definition) is 0. The molecule has 0 aliphatic carbocycles. The Kier molecular flexibility index (Phi) is 24.3. The zero-order valence-corrected chi connectivity index (χ0v) is 6.52. The minimum atomic E-state index is 0.557. The van der Waals surface area contributed by atoms with Crippen LogP contribution in [0.25, 0.3) is 0 Å². The molecule has 46 valence electrons. The van der Waals surface area contributed by atoms with Crippen LogP contribution in [0.15, 0.2) is 0 Å². The van der Waals surface area contributed by atoms with E-state index in [1.807, 2.05) is 6.92 Å². The molecule has 0 N–H and O–H groups in total. The second-order valence-electron chi connectivity index (χ2n) is 0.645. The Hall–Kier alpha value is 0.870. The molecule has 0 heterocycles. The van der Waals surface area contributed by atoms with Gasteiger partial charge in [-0.15, -0.1) is 34.8 Å². The third-order valence-corrected chi connectivity index (χ3v) is 0.643. The van der Waals surface area contributed by atoms with Gasteiger partial charge >= 0.3 is 0 Å². The maximum Gasteiger partial charge on any atom is 0.0359 e. The van der Waals surface area contributed by atoms with E-state index < -0.39 is 0 Å². The summed E-state index contributed by atoms with van der Waals surface area (Å²) in [5.74, 6) is 1.84. The lowest BCUT2D eigenvalue weighted by Gasteiger charge is -1.63. The van der Waals surface area contributed by atoms with E-state index in [9.17, 15) is 0 Å². The lowest BCUT2D eigenvalue weighted by Crippen LogP contribution is -1.63. The maximum absolute atomic E-state index is 5.05. The Morgan fingerprint density at radius 1 is 1.00 bits per heavy atom. The van der Waals surface area contributed by atoms with Gasteiger partial charge < -0.3 is 0 Å². The summed E-state index contributed by atoms with van der Waals surface area (Å²) in [6.45, 7) is 1.89. The van der Waals surface area contributed by atoms with Crippen LogP contribution >= 0.6 is 34.8 Å². The van der Waals surface area contributed by atoms with Crippen LogP contribution in [0.2, 0.25) is 0 Å². The van der Waals surface area contributed by atoms with Gasteiger partial charge in [0.15, 0.2) is 0 Å². The molecule has 0 rings (SSSR count). The Labute approximate surface area is 59.7 Å². The van der Waals surface area contributed by atoms with Crippen LogP contribution in [0, 0.1) is 0 Å². The van der Waals surface area contributed by atoms with Crippen molar-refractivity contribution in [2.75, 3.05) is 17.6 Å². The fraction of sp³-hybridized carbons (Fsp3) is 1.00. The molecule has 0 amide bonds. The highest BCUT2D eigenvalue weighted by Gasteiger charge is 1.61. The second kappa shape index (κ2) is 15.8. The van der Waals surface area contributed by atoms with Crippen LogP contribution in [0.4, 0.5) is 0 Å². The first kappa shape index (κ1) is 10.8. The predicted molar refractivity (Wildman–Crippen MR) is 37.8 cm³/mol. The van der Waals surface area contributed by atoms with Gasteiger partial charge in [0.2, 0.25) is 0 Å². The molecule has 7 heavy (non-hydrogen) atoms. The summed E-state index contributed by atoms with van der Waals surface area (Å²) in [5, 5.41) is 0. The van der Waals surface area contributed by atoms with E-state index in [2.05, 4.69) is 0 Å². The molecule has 0 fully saturated rings. The predicted octanol–water partition coefficient (Wildman–Crippen LogP) is 2.71. The number of alkyl halides is 3. The standard InChI is InChI=1S/C2H4Cl2.C2H5Cl/c3-1-2-4;1-2-3/h1-2H2;2H2,1H3. The van der Waals surface area contributed by atoms with E-state index in [1.165, 1.54) is 0 Å². The zero-order chi connectivity index (χ0) is 6.12. The fourth-order valence-corrected chi connectivity index (χ4v) is 0. The summed E-state index contributed by atoms with van der Waals surface area (Å²) >= 11 is 15.1. The molecular weight excluding hydrogens is 154 g/mol. The van der Waals surface area contributed by atoms with Gasteiger partial charge in [-0.1, -0.05) is 6.92 Å². The van der Waals surface area contributed by atoms with Gasteiger partial charge in [-0.2, -0.15) is 0 Å². The number of rotatable bonds is 1. The normalized spacial score (nSPS) is 6.86. The summed E-state index contributed by atoms with van der Waals surface area (Å²) in [6, 6.07) is 0. The highest BCUT2D eigenvalue weighted by Crippen LogP contribution is 1.75. The first-order valence-corrected chi connectivity index (χ1v) is 3.61. The third-order valence-electron chi connectivity index (χ3n) is 0.0714. The summed E-state index contributed by atoms with van der Waals surface area (Å²) in [5.41, 5.74) is 0. The van der Waals surface area contributed by atoms with Crippen LogP contribution in [0.1, 0.15) is 6.92 Å². The molecule has 0 nitrogen and oxygen atoms in total. The van der Waals surface area contributed by atoms with Crippen molar-refractivity contribution >= 4 is 34.8 Å².